The highest BCUT2D eigenvalue weighted by Crippen LogP contribution is 2.18. The Kier molecular flexibility index (Phi) is 6.53. The monoisotopic (exact) mass is 403 g/mol. The van der Waals surface area contributed by atoms with E-state index in [1.165, 1.54) is 0 Å². The van der Waals surface area contributed by atoms with Gasteiger partial charge in [-0.1, -0.05) is 17.7 Å². The van der Waals surface area contributed by atoms with Crippen molar-refractivity contribution in [2.45, 2.75) is 18.2 Å². The van der Waals surface area contributed by atoms with E-state index in [0.717, 1.165) is 22.7 Å². The van der Waals surface area contributed by atoms with Crippen molar-refractivity contribution in [3.8, 4) is 5.75 Å². The summed E-state index contributed by atoms with van der Waals surface area (Å²) in [5.41, 5.74) is 2.73. The number of nitrogens with one attached hydrogen (secondary N) is 2. The van der Waals surface area contributed by atoms with Crippen molar-refractivity contribution >= 4 is 21.4 Å². The number of methoxy groups -OCH3 is 1. The van der Waals surface area contributed by atoms with Crippen molar-refractivity contribution in [3.63, 3.8) is 0 Å². The molecule has 1 fully saturated rings. The third kappa shape index (κ3) is 5.24. The molecule has 1 unspecified atom stereocenters. The lowest BCUT2D eigenvalue weighted by Crippen LogP contribution is -2.35. The van der Waals surface area contributed by atoms with Gasteiger partial charge in [-0.2, -0.15) is 13.5 Å². The first-order chi connectivity index (χ1) is 13.5. The van der Waals surface area contributed by atoms with Crippen LogP contribution in [0.1, 0.15) is 12.0 Å². The lowest BCUT2D eigenvalue weighted by Gasteiger charge is -2.25. The van der Waals surface area contributed by atoms with Crippen LogP contribution in [0.25, 0.3) is 0 Å². The first-order valence-electron chi connectivity index (χ1n) is 9.08. The number of nitrogens with zero attached hydrogens (tertiary/aromatic N) is 1. The second-order valence-corrected chi connectivity index (χ2v) is 8.30. The zero-order valence-electron chi connectivity index (χ0n) is 16.0. The van der Waals surface area contributed by atoms with E-state index in [9.17, 15) is 8.42 Å². The normalized spacial score (nSPS) is 18.6. The van der Waals surface area contributed by atoms with Crippen LogP contribution < -0.4 is 14.9 Å². The van der Waals surface area contributed by atoms with Crippen LogP contribution >= 0.6 is 0 Å². The molecule has 28 heavy (non-hydrogen) atoms. The van der Waals surface area contributed by atoms with E-state index in [1.807, 2.05) is 31.2 Å². The maximum atomic E-state index is 12.5. The summed E-state index contributed by atoms with van der Waals surface area (Å²) in [6.07, 6.45) is 0.589. The van der Waals surface area contributed by atoms with E-state index in [4.69, 9.17) is 9.47 Å². The lowest BCUT2D eigenvalue weighted by molar-refractivity contribution is 0.108. The zero-order valence-corrected chi connectivity index (χ0v) is 16.8. The Hall–Kier alpha value is -2.58. The van der Waals surface area contributed by atoms with Crippen molar-refractivity contribution in [1.29, 1.82) is 0 Å². The minimum Gasteiger partial charge on any atom is -0.497 e. The molecule has 1 aliphatic heterocycles. The van der Waals surface area contributed by atoms with E-state index in [1.54, 1.807) is 31.4 Å². The molecule has 3 rings (SSSR count). The number of hydrazone groups is 1. The third-order valence-electron chi connectivity index (χ3n) is 4.58. The van der Waals surface area contributed by atoms with E-state index in [2.05, 4.69) is 15.2 Å². The van der Waals surface area contributed by atoms with E-state index >= 15 is 0 Å². The summed E-state index contributed by atoms with van der Waals surface area (Å²) in [6.45, 7) is 3.53. The van der Waals surface area contributed by atoms with Crippen LogP contribution in [0.2, 0.25) is 0 Å². The van der Waals surface area contributed by atoms with Crippen LogP contribution in [-0.2, 0) is 14.8 Å². The SMILES string of the molecule is COc1ccc(NCC2COCC/C2=N\NS(=O)(=O)c2ccc(C)cc2)cc1. The molecule has 8 heteroatoms. The fraction of sp³-hybridized carbons (Fsp3) is 0.350. The van der Waals surface area contributed by atoms with Crippen LogP contribution in [0, 0.1) is 12.8 Å². The Morgan fingerprint density at radius 1 is 1.14 bits per heavy atom. The van der Waals surface area contributed by atoms with Crippen LogP contribution in [0.5, 0.6) is 5.75 Å². The molecule has 0 amide bonds. The molecular weight excluding hydrogens is 378 g/mol. The van der Waals surface area contributed by atoms with E-state index < -0.39 is 10.0 Å². The zero-order chi connectivity index (χ0) is 20.0. The fourth-order valence-corrected chi connectivity index (χ4v) is 3.70. The molecule has 1 aliphatic rings. The molecule has 2 aromatic carbocycles. The molecule has 0 spiro atoms. The van der Waals surface area contributed by atoms with Crippen molar-refractivity contribution < 1.29 is 17.9 Å². The molecule has 0 aliphatic carbocycles. The van der Waals surface area contributed by atoms with Crippen LogP contribution in [0.15, 0.2) is 58.5 Å². The van der Waals surface area contributed by atoms with Crippen molar-refractivity contribution in [3.05, 3.63) is 54.1 Å². The highest BCUT2D eigenvalue weighted by Gasteiger charge is 2.22. The number of hydrogen-bond acceptors (Lipinski definition) is 6. The smallest absolute Gasteiger partial charge is 0.276 e. The molecule has 0 radical (unpaired) electrons. The fourth-order valence-electron chi connectivity index (χ4n) is 2.87. The molecule has 2 aromatic rings. The summed E-state index contributed by atoms with van der Waals surface area (Å²) >= 11 is 0. The summed E-state index contributed by atoms with van der Waals surface area (Å²) in [6, 6.07) is 14.3. The van der Waals surface area contributed by atoms with Gasteiger partial charge in [0.05, 0.1) is 25.2 Å². The summed E-state index contributed by atoms with van der Waals surface area (Å²) in [5, 5.41) is 7.55. The second-order valence-electron chi connectivity index (χ2n) is 6.64. The van der Waals surface area contributed by atoms with Gasteiger partial charge in [0.25, 0.3) is 10.0 Å². The first kappa shape index (κ1) is 20.2. The maximum absolute atomic E-state index is 12.5. The molecule has 1 atom stereocenters. The molecule has 1 saturated heterocycles. The van der Waals surface area contributed by atoms with Gasteiger partial charge in [-0.15, -0.1) is 0 Å². The molecule has 0 aromatic heterocycles. The highest BCUT2D eigenvalue weighted by atomic mass is 32.2. The topological polar surface area (TPSA) is 89.0 Å². The Balaban J connectivity index is 1.65. The number of ether oxygens (including phenoxy) is 2. The van der Waals surface area contributed by atoms with E-state index in [0.29, 0.717) is 26.2 Å². The van der Waals surface area contributed by atoms with Gasteiger partial charge >= 0.3 is 0 Å². The standard InChI is InChI=1S/C20H25N3O4S/c1-15-3-9-19(10-4-15)28(24,25)23-22-20-11-12-27-14-16(20)13-21-17-5-7-18(26-2)8-6-17/h3-10,16,21,23H,11-14H2,1-2H3/b22-20+. The summed E-state index contributed by atoms with van der Waals surface area (Å²) in [7, 11) is -2.06. The number of benzene rings is 2. The number of anilines is 1. The van der Waals surface area contributed by atoms with Crippen LogP contribution in [0.4, 0.5) is 5.69 Å². The van der Waals surface area contributed by atoms with E-state index in [-0.39, 0.29) is 10.8 Å². The summed E-state index contributed by atoms with van der Waals surface area (Å²) < 4.78 is 35.6. The lowest BCUT2D eigenvalue weighted by atomic mass is 9.99. The van der Waals surface area contributed by atoms with Gasteiger partial charge < -0.3 is 14.8 Å². The van der Waals surface area contributed by atoms with Gasteiger partial charge in [0.15, 0.2) is 0 Å². The number of hydrogen-bond donors (Lipinski definition) is 2. The van der Waals surface area contributed by atoms with Crippen molar-refractivity contribution in [2.75, 3.05) is 32.2 Å². The molecular formula is C20H25N3O4S. The molecule has 7 nitrogen and oxygen atoms in total. The number of aryl methyl sites for hydroxylation is 1. The van der Waals surface area contributed by atoms with Gasteiger partial charge in [-0.05, 0) is 43.3 Å². The number of sulfonamides is 1. The average Bonchev–Trinajstić information content (AvgIpc) is 2.72. The molecule has 150 valence electrons. The minimum atomic E-state index is -3.69. The van der Waals surface area contributed by atoms with Crippen molar-refractivity contribution in [2.24, 2.45) is 11.0 Å². The van der Waals surface area contributed by atoms with Gasteiger partial charge in [0.2, 0.25) is 0 Å². The summed E-state index contributed by atoms with van der Waals surface area (Å²) in [5.74, 6) is 0.774. The minimum absolute atomic E-state index is 0.0171. The van der Waals surface area contributed by atoms with Gasteiger partial charge in [0.1, 0.15) is 5.75 Å². The molecule has 0 bridgehead atoms. The Morgan fingerprint density at radius 3 is 2.54 bits per heavy atom. The van der Waals surface area contributed by atoms with Crippen molar-refractivity contribution in [1.82, 2.24) is 4.83 Å². The molecule has 2 N–H and O–H groups in total. The second kappa shape index (κ2) is 9.07. The predicted octanol–water partition coefficient (Wildman–Crippen LogP) is 2.79. The average molecular weight is 404 g/mol. The molecule has 1 heterocycles. The quantitative estimate of drug-likeness (QED) is 0.694. The van der Waals surface area contributed by atoms with Gasteiger partial charge in [-0.3, -0.25) is 0 Å². The molecule has 0 saturated carbocycles. The van der Waals surface area contributed by atoms with Gasteiger partial charge in [-0.25, -0.2) is 4.83 Å². The Morgan fingerprint density at radius 2 is 1.86 bits per heavy atom. The predicted molar refractivity (Wildman–Crippen MR) is 109 cm³/mol. The van der Waals surface area contributed by atoms with Crippen LogP contribution in [-0.4, -0.2) is 41.0 Å². The number of rotatable bonds is 7. The Labute approximate surface area is 165 Å². The first-order valence-corrected chi connectivity index (χ1v) is 10.6. The van der Waals surface area contributed by atoms with Gasteiger partial charge in [0, 0.05) is 30.3 Å². The third-order valence-corrected chi connectivity index (χ3v) is 5.80. The largest absolute Gasteiger partial charge is 0.497 e. The summed E-state index contributed by atoms with van der Waals surface area (Å²) in [4.78, 5) is 2.56. The van der Waals surface area contributed by atoms with Crippen LogP contribution in [0.3, 0.4) is 0 Å². The maximum Gasteiger partial charge on any atom is 0.276 e. The highest BCUT2D eigenvalue weighted by molar-refractivity contribution is 7.89. The Bertz CT molecular complexity index is 909.